The van der Waals surface area contributed by atoms with Crippen molar-refractivity contribution in [1.82, 2.24) is 5.32 Å². The first-order chi connectivity index (χ1) is 9.65. The molecule has 1 N–H and O–H groups in total. The van der Waals surface area contributed by atoms with Gasteiger partial charge in [-0.05, 0) is 42.6 Å². The summed E-state index contributed by atoms with van der Waals surface area (Å²) in [5, 5.41) is 4.36. The number of nitrogens with one attached hydrogen (secondary N) is 1. The van der Waals surface area contributed by atoms with Crippen LogP contribution in [0.15, 0.2) is 47.1 Å². The molecule has 0 aliphatic rings. The highest BCUT2D eigenvalue weighted by Gasteiger charge is 2.14. The average molecular weight is 292 g/mol. The summed E-state index contributed by atoms with van der Waals surface area (Å²) in [6.07, 6.45) is 3.62. The van der Waals surface area contributed by atoms with Crippen molar-refractivity contribution < 1.29 is 4.42 Å². The highest BCUT2D eigenvalue weighted by atomic mass is 35.5. The van der Waals surface area contributed by atoms with E-state index >= 15 is 0 Å². The summed E-state index contributed by atoms with van der Waals surface area (Å²) in [6.45, 7) is 5.29. The predicted octanol–water partition coefficient (Wildman–Crippen LogP) is 4.33. The molecule has 2 nitrogen and oxygen atoms in total. The topological polar surface area (TPSA) is 25.2 Å². The maximum Gasteiger partial charge on any atom is 0.104 e. The molecule has 2 rings (SSSR count). The number of halogens is 1. The van der Waals surface area contributed by atoms with E-state index in [0.29, 0.717) is 12.0 Å². The van der Waals surface area contributed by atoms with Gasteiger partial charge in [-0.15, -0.1) is 0 Å². The van der Waals surface area contributed by atoms with Gasteiger partial charge in [-0.2, -0.15) is 0 Å². The van der Waals surface area contributed by atoms with Crippen molar-refractivity contribution in [2.24, 2.45) is 5.92 Å². The van der Waals surface area contributed by atoms with E-state index in [1.165, 1.54) is 5.56 Å². The van der Waals surface area contributed by atoms with Crippen LogP contribution in [0.3, 0.4) is 0 Å². The Morgan fingerprint density at radius 2 is 1.90 bits per heavy atom. The smallest absolute Gasteiger partial charge is 0.104 e. The minimum Gasteiger partial charge on any atom is -0.469 e. The third kappa shape index (κ3) is 4.69. The van der Waals surface area contributed by atoms with Crippen LogP contribution in [0.25, 0.3) is 0 Å². The van der Waals surface area contributed by atoms with Gasteiger partial charge in [-0.1, -0.05) is 43.6 Å². The second-order valence-corrected chi connectivity index (χ2v) is 5.92. The molecular formula is C17H22ClNO. The minimum absolute atomic E-state index is 0.475. The van der Waals surface area contributed by atoms with Crippen molar-refractivity contribution in [3.05, 3.63) is 59.0 Å². The van der Waals surface area contributed by atoms with Crippen LogP contribution < -0.4 is 5.32 Å². The highest BCUT2D eigenvalue weighted by molar-refractivity contribution is 6.31. The Balaban J connectivity index is 2.03. The van der Waals surface area contributed by atoms with E-state index < -0.39 is 0 Å². The van der Waals surface area contributed by atoms with Crippen molar-refractivity contribution in [2.75, 3.05) is 6.54 Å². The summed E-state index contributed by atoms with van der Waals surface area (Å²) in [5.74, 6) is 1.51. The molecule has 0 saturated heterocycles. The Morgan fingerprint density at radius 1 is 1.10 bits per heavy atom. The van der Waals surface area contributed by atoms with E-state index in [1.54, 1.807) is 6.26 Å². The van der Waals surface area contributed by atoms with Crippen LogP contribution in [0.5, 0.6) is 0 Å². The second kappa shape index (κ2) is 7.51. The van der Waals surface area contributed by atoms with E-state index in [2.05, 4.69) is 25.2 Å². The fraction of sp³-hybridized carbons (Fsp3) is 0.412. The van der Waals surface area contributed by atoms with Crippen molar-refractivity contribution in [3.63, 3.8) is 0 Å². The van der Waals surface area contributed by atoms with Gasteiger partial charge in [0.25, 0.3) is 0 Å². The van der Waals surface area contributed by atoms with Gasteiger partial charge in [0.15, 0.2) is 0 Å². The van der Waals surface area contributed by atoms with Gasteiger partial charge in [0.05, 0.1) is 6.26 Å². The lowest BCUT2D eigenvalue weighted by Gasteiger charge is -2.19. The molecule has 0 bridgehead atoms. The van der Waals surface area contributed by atoms with Gasteiger partial charge in [0.1, 0.15) is 5.76 Å². The molecule has 108 valence electrons. The van der Waals surface area contributed by atoms with Crippen LogP contribution >= 0.6 is 11.6 Å². The summed E-state index contributed by atoms with van der Waals surface area (Å²) in [6, 6.07) is 12.5. The summed E-state index contributed by atoms with van der Waals surface area (Å²) < 4.78 is 5.48. The zero-order valence-electron chi connectivity index (χ0n) is 12.1. The number of rotatable bonds is 7. The maximum atomic E-state index is 6.27. The van der Waals surface area contributed by atoms with Gasteiger partial charge in [0.2, 0.25) is 0 Å². The molecule has 0 aliphatic heterocycles. The van der Waals surface area contributed by atoms with Crippen molar-refractivity contribution in [3.8, 4) is 0 Å². The first-order valence-corrected chi connectivity index (χ1v) is 7.52. The van der Waals surface area contributed by atoms with Gasteiger partial charge in [0, 0.05) is 17.5 Å². The Labute approximate surface area is 126 Å². The highest BCUT2D eigenvalue weighted by Crippen LogP contribution is 2.21. The van der Waals surface area contributed by atoms with Gasteiger partial charge in [-0.25, -0.2) is 0 Å². The van der Waals surface area contributed by atoms with E-state index in [4.69, 9.17) is 16.0 Å². The average Bonchev–Trinajstić information content (AvgIpc) is 2.91. The van der Waals surface area contributed by atoms with E-state index in [9.17, 15) is 0 Å². The third-order valence-corrected chi connectivity index (χ3v) is 3.72. The van der Waals surface area contributed by atoms with Crippen LogP contribution in [0.2, 0.25) is 5.02 Å². The lowest BCUT2D eigenvalue weighted by atomic mass is 9.94. The number of hydrogen-bond donors (Lipinski definition) is 1. The zero-order valence-corrected chi connectivity index (χ0v) is 12.9. The van der Waals surface area contributed by atoms with Crippen LogP contribution in [0.4, 0.5) is 0 Å². The SMILES string of the molecule is CC(C)NCC(Cc1ccco1)Cc1ccccc1Cl. The summed E-state index contributed by atoms with van der Waals surface area (Å²) in [5.41, 5.74) is 1.20. The lowest BCUT2D eigenvalue weighted by molar-refractivity contribution is 0.402. The normalized spacial score (nSPS) is 12.8. The molecule has 3 heteroatoms. The van der Waals surface area contributed by atoms with Gasteiger partial charge >= 0.3 is 0 Å². The molecule has 2 aromatic rings. The molecule has 1 heterocycles. The summed E-state index contributed by atoms with van der Waals surface area (Å²) >= 11 is 6.27. The van der Waals surface area contributed by atoms with E-state index in [1.807, 2.05) is 30.3 Å². The molecule has 1 atom stereocenters. The first-order valence-electron chi connectivity index (χ1n) is 7.14. The first kappa shape index (κ1) is 15.1. The van der Waals surface area contributed by atoms with Crippen LogP contribution in [0, 0.1) is 5.92 Å². The molecule has 0 aliphatic carbocycles. The Hall–Kier alpha value is -1.25. The molecule has 1 unspecified atom stereocenters. The monoisotopic (exact) mass is 291 g/mol. The third-order valence-electron chi connectivity index (χ3n) is 3.35. The molecule has 1 aromatic heterocycles. The zero-order chi connectivity index (χ0) is 14.4. The van der Waals surface area contributed by atoms with Gasteiger partial charge in [-0.3, -0.25) is 0 Å². The number of furan rings is 1. The van der Waals surface area contributed by atoms with E-state index in [0.717, 1.165) is 30.2 Å². The van der Waals surface area contributed by atoms with Crippen molar-refractivity contribution in [2.45, 2.75) is 32.7 Å². The summed E-state index contributed by atoms with van der Waals surface area (Å²) in [7, 11) is 0. The van der Waals surface area contributed by atoms with Gasteiger partial charge < -0.3 is 9.73 Å². The largest absolute Gasteiger partial charge is 0.469 e. The molecule has 0 radical (unpaired) electrons. The maximum absolute atomic E-state index is 6.27. The Bertz CT molecular complexity index is 507. The molecule has 0 fully saturated rings. The van der Waals surface area contributed by atoms with Crippen LogP contribution in [-0.2, 0) is 12.8 Å². The molecule has 1 aromatic carbocycles. The molecule has 0 amide bonds. The predicted molar refractivity (Wildman–Crippen MR) is 84.2 cm³/mol. The molecule has 0 spiro atoms. The van der Waals surface area contributed by atoms with Crippen LogP contribution in [0.1, 0.15) is 25.2 Å². The summed E-state index contributed by atoms with van der Waals surface area (Å²) in [4.78, 5) is 0. The second-order valence-electron chi connectivity index (χ2n) is 5.51. The van der Waals surface area contributed by atoms with E-state index in [-0.39, 0.29) is 0 Å². The molecule has 20 heavy (non-hydrogen) atoms. The standard InChI is InChI=1S/C17H22ClNO/c1-13(2)19-12-14(11-16-7-5-9-20-16)10-15-6-3-4-8-17(15)18/h3-9,13-14,19H,10-12H2,1-2H3. The fourth-order valence-corrected chi connectivity index (χ4v) is 2.52. The number of hydrogen-bond acceptors (Lipinski definition) is 2. The quantitative estimate of drug-likeness (QED) is 0.821. The Morgan fingerprint density at radius 3 is 2.55 bits per heavy atom. The molecular weight excluding hydrogens is 270 g/mol. The Kier molecular flexibility index (Phi) is 5.69. The molecule has 0 saturated carbocycles. The number of benzene rings is 1. The van der Waals surface area contributed by atoms with Crippen molar-refractivity contribution >= 4 is 11.6 Å². The fourth-order valence-electron chi connectivity index (χ4n) is 2.31. The van der Waals surface area contributed by atoms with Crippen molar-refractivity contribution in [1.29, 1.82) is 0 Å². The minimum atomic E-state index is 0.475. The lowest BCUT2D eigenvalue weighted by Crippen LogP contribution is -2.31. The van der Waals surface area contributed by atoms with Crippen LogP contribution in [-0.4, -0.2) is 12.6 Å².